The van der Waals surface area contributed by atoms with E-state index in [1.165, 1.54) is 23.0 Å². The number of rotatable bonds is 8. The molecule has 0 aliphatic heterocycles. The minimum atomic E-state index is -3.81. The van der Waals surface area contributed by atoms with Gasteiger partial charge in [0.25, 0.3) is 5.88 Å². The molecule has 6 nitrogen and oxygen atoms in total. The molecule has 0 bridgehead atoms. The summed E-state index contributed by atoms with van der Waals surface area (Å²) >= 11 is 5.91. The summed E-state index contributed by atoms with van der Waals surface area (Å²) in [5.41, 5.74) is 1.86. The Balaban J connectivity index is 1.98. The number of nitrogens with zero attached hydrogens (tertiary/aromatic N) is 3. The van der Waals surface area contributed by atoms with E-state index >= 15 is 0 Å². The van der Waals surface area contributed by atoms with Crippen molar-refractivity contribution < 1.29 is 13.2 Å². The number of hydrogen-bond donors (Lipinski definition) is 0. The van der Waals surface area contributed by atoms with Crippen LogP contribution in [0.15, 0.2) is 64.5 Å². The summed E-state index contributed by atoms with van der Waals surface area (Å²) in [5, 5.41) is 4.88. The molecule has 1 aromatic heterocycles. The van der Waals surface area contributed by atoms with Crippen molar-refractivity contribution in [3.05, 3.63) is 65.3 Å². The van der Waals surface area contributed by atoms with Gasteiger partial charge in [0.05, 0.1) is 23.4 Å². The third-order valence-corrected chi connectivity index (χ3v) is 6.35. The smallest absolute Gasteiger partial charge is 0.252 e. The standard InChI is InChI=1S/C21H24ClN3O3S/c1-16-5-9-18(10-6-16)25-15-20(21(23-25)28-14-4-13-24(2)3)29(26,27)19-11-7-17(22)8-12-19/h5-12,15H,4,13-14H2,1-3H3. The van der Waals surface area contributed by atoms with E-state index in [-0.39, 0.29) is 15.7 Å². The normalized spacial score (nSPS) is 11.8. The SMILES string of the molecule is Cc1ccc(-n2cc(S(=O)(=O)c3ccc(Cl)cc3)c(OCCCN(C)C)n2)cc1. The Morgan fingerprint density at radius 1 is 1.07 bits per heavy atom. The number of aryl methyl sites for hydroxylation is 1. The maximum Gasteiger partial charge on any atom is 0.252 e. The molecule has 0 saturated heterocycles. The zero-order valence-electron chi connectivity index (χ0n) is 16.7. The molecule has 0 spiro atoms. The van der Waals surface area contributed by atoms with Crippen molar-refractivity contribution in [1.82, 2.24) is 14.7 Å². The van der Waals surface area contributed by atoms with Gasteiger partial charge in [0.15, 0.2) is 4.90 Å². The van der Waals surface area contributed by atoms with Crippen LogP contribution < -0.4 is 4.74 Å². The van der Waals surface area contributed by atoms with Gasteiger partial charge in [-0.15, -0.1) is 5.10 Å². The second kappa shape index (κ2) is 8.98. The molecule has 0 radical (unpaired) electrons. The first kappa shape index (κ1) is 21.4. The fourth-order valence-corrected chi connectivity index (χ4v) is 4.19. The highest BCUT2D eigenvalue weighted by molar-refractivity contribution is 7.91. The van der Waals surface area contributed by atoms with Gasteiger partial charge in [0.1, 0.15) is 0 Å². The van der Waals surface area contributed by atoms with Gasteiger partial charge in [-0.1, -0.05) is 29.3 Å². The molecule has 0 aliphatic carbocycles. The van der Waals surface area contributed by atoms with E-state index in [2.05, 4.69) is 5.10 Å². The summed E-state index contributed by atoms with van der Waals surface area (Å²) in [5.74, 6) is 0.0966. The molecule has 0 N–H and O–H groups in total. The van der Waals surface area contributed by atoms with Crippen molar-refractivity contribution in [2.75, 3.05) is 27.2 Å². The second-order valence-corrected chi connectivity index (χ2v) is 9.40. The Kier molecular flexibility index (Phi) is 6.62. The van der Waals surface area contributed by atoms with Crippen LogP contribution in [0.5, 0.6) is 5.88 Å². The molecule has 0 aliphatic rings. The van der Waals surface area contributed by atoms with Gasteiger partial charge in [0, 0.05) is 11.6 Å². The summed E-state index contributed by atoms with van der Waals surface area (Å²) in [6, 6.07) is 13.7. The van der Waals surface area contributed by atoms with Crippen LogP contribution in [-0.4, -0.2) is 50.3 Å². The predicted octanol–water partition coefficient (Wildman–Crippen LogP) is 4.00. The van der Waals surface area contributed by atoms with Crippen LogP contribution >= 0.6 is 11.6 Å². The van der Waals surface area contributed by atoms with Gasteiger partial charge in [-0.3, -0.25) is 0 Å². The topological polar surface area (TPSA) is 64.4 Å². The number of aromatic nitrogens is 2. The first-order valence-corrected chi connectivity index (χ1v) is 11.1. The average Bonchev–Trinajstić information content (AvgIpc) is 3.11. The van der Waals surface area contributed by atoms with E-state index in [4.69, 9.17) is 16.3 Å². The number of hydrogen-bond acceptors (Lipinski definition) is 5. The van der Waals surface area contributed by atoms with Crippen LogP contribution in [0, 0.1) is 6.92 Å². The molecule has 0 amide bonds. The predicted molar refractivity (Wildman–Crippen MR) is 114 cm³/mol. The second-order valence-electron chi connectivity index (χ2n) is 7.04. The Hall–Kier alpha value is -2.35. The minimum absolute atomic E-state index is 0.0326. The summed E-state index contributed by atoms with van der Waals surface area (Å²) < 4.78 is 33.8. The maximum atomic E-state index is 13.2. The quantitative estimate of drug-likeness (QED) is 0.502. The summed E-state index contributed by atoms with van der Waals surface area (Å²) in [7, 11) is 0.137. The van der Waals surface area contributed by atoms with Gasteiger partial charge in [0.2, 0.25) is 9.84 Å². The molecule has 0 atom stereocenters. The van der Waals surface area contributed by atoms with E-state index in [9.17, 15) is 8.42 Å². The van der Waals surface area contributed by atoms with Crippen molar-refractivity contribution in [3.8, 4) is 11.6 Å². The van der Waals surface area contributed by atoms with Crippen LogP contribution in [-0.2, 0) is 9.84 Å². The summed E-state index contributed by atoms with van der Waals surface area (Å²) in [4.78, 5) is 2.22. The fraction of sp³-hybridized carbons (Fsp3) is 0.286. The summed E-state index contributed by atoms with van der Waals surface area (Å²) in [6.45, 7) is 3.19. The first-order valence-electron chi connectivity index (χ1n) is 9.22. The molecule has 8 heteroatoms. The van der Waals surface area contributed by atoms with Gasteiger partial charge in [-0.25, -0.2) is 13.1 Å². The van der Waals surface area contributed by atoms with Gasteiger partial charge in [-0.05, 0) is 63.8 Å². The van der Waals surface area contributed by atoms with Crippen molar-refractivity contribution in [2.24, 2.45) is 0 Å². The Labute approximate surface area is 176 Å². The highest BCUT2D eigenvalue weighted by atomic mass is 35.5. The summed E-state index contributed by atoms with van der Waals surface area (Å²) in [6.07, 6.45) is 2.25. The van der Waals surface area contributed by atoms with Crippen LogP contribution in [0.2, 0.25) is 5.02 Å². The van der Waals surface area contributed by atoms with Crippen LogP contribution in [0.4, 0.5) is 0 Å². The lowest BCUT2D eigenvalue weighted by Gasteiger charge is -2.10. The molecule has 154 valence electrons. The van der Waals surface area contributed by atoms with Crippen molar-refractivity contribution in [3.63, 3.8) is 0 Å². The maximum absolute atomic E-state index is 13.2. The van der Waals surface area contributed by atoms with Gasteiger partial charge >= 0.3 is 0 Å². The molecule has 0 saturated carbocycles. The molecule has 3 aromatic rings. The van der Waals surface area contributed by atoms with E-state index < -0.39 is 9.84 Å². The van der Waals surface area contributed by atoms with Crippen molar-refractivity contribution in [1.29, 1.82) is 0 Å². The fourth-order valence-electron chi connectivity index (χ4n) is 2.75. The van der Waals surface area contributed by atoms with E-state index in [1.807, 2.05) is 50.2 Å². The van der Waals surface area contributed by atoms with Crippen LogP contribution in [0.3, 0.4) is 0 Å². The third-order valence-electron chi connectivity index (χ3n) is 4.35. The molecule has 3 rings (SSSR count). The van der Waals surface area contributed by atoms with E-state index in [1.54, 1.807) is 12.1 Å². The lowest BCUT2D eigenvalue weighted by Crippen LogP contribution is -2.16. The zero-order chi connectivity index (χ0) is 21.0. The molecule has 29 heavy (non-hydrogen) atoms. The van der Waals surface area contributed by atoms with Crippen molar-refractivity contribution >= 4 is 21.4 Å². The number of ether oxygens (including phenoxy) is 1. The lowest BCUT2D eigenvalue weighted by atomic mass is 10.2. The average molecular weight is 434 g/mol. The molecule has 0 unspecified atom stereocenters. The molecule has 0 fully saturated rings. The highest BCUT2D eigenvalue weighted by Gasteiger charge is 2.26. The van der Waals surface area contributed by atoms with Crippen LogP contribution in [0.25, 0.3) is 5.69 Å². The van der Waals surface area contributed by atoms with Crippen molar-refractivity contribution in [2.45, 2.75) is 23.1 Å². The first-order chi connectivity index (χ1) is 13.8. The molecular weight excluding hydrogens is 410 g/mol. The number of halogens is 1. The number of benzene rings is 2. The number of sulfone groups is 1. The molecule has 1 heterocycles. The minimum Gasteiger partial charge on any atom is -0.476 e. The lowest BCUT2D eigenvalue weighted by molar-refractivity contribution is 0.266. The van der Waals surface area contributed by atoms with Gasteiger partial charge in [-0.2, -0.15) is 0 Å². The Morgan fingerprint density at radius 3 is 2.34 bits per heavy atom. The van der Waals surface area contributed by atoms with Crippen LogP contribution in [0.1, 0.15) is 12.0 Å². The Morgan fingerprint density at radius 2 is 1.72 bits per heavy atom. The largest absolute Gasteiger partial charge is 0.476 e. The Bertz CT molecular complexity index is 1060. The highest BCUT2D eigenvalue weighted by Crippen LogP contribution is 2.30. The zero-order valence-corrected chi connectivity index (χ0v) is 18.2. The van der Waals surface area contributed by atoms with Gasteiger partial charge < -0.3 is 9.64 Å². The molecular formula is C21H24ClN3O3S. The van der Waals surface area contributed by atoms with E-state index in [0.29, 0.717) is 11.6 Å². The van der Waals surface area contributed by atoms with E-state index in [0.717, 1.165) is 24.2 Å². The molecule has 2 aromatic carbocycles. The monoisotopic (exact) mass is 433 g/mol. The third kappa shape index (κ3) is 5.18.